The maximum atomic E-state index is 11.1. The second-order valence-electron chi connectivity index (χ2n) is 5.46. The van der Waals surface area contributed by atoms with Crippen molar-refractivity contribution in [3.8, 4) is 0 Å². The number of sulfone groups is 1. The molecule has 0 bridgehead atoms. The van der Waals surface area contributed by atoms with Gasteiger partial charge in [0.1, 0.15) is 9.84 Å². The topological polar surface area (TPSA) is 77.7 Å². The third-order valence-corrected chi connectivity index (χ3v) is 4.52. The third-order valence-electron chi connectivity index (χ3n) is 3.24. The van der Waals surface area contributed by atoms with Gasteiger partial charge in [0.15, 0.2) is 5.82 Å². The lowest BCUT2D eigenvalue weighted by Crippen LogP contribution is -2.10. The smallest absolute Gasteiger partial charge is 0.177 e. The van der Waals surface area contributed by atoms with Gasteiger partial charge >= 0.3 is 0 Å². The highest BCUT2D eigenvalue weighted by molar-refractivity contribution is 7.90. The highest BCUT2D eigenvalue weighted by atomic mass is 35.5. The number of hydrogen-bond donors (Lipinski definition) is 0. The lowest BCUT2D eigenvalue weighted by Gasteiger charge is -2.06. The summed E-state index contributed by atoms with van der Waals surface area (Å²) in [5, 5.41) is 13.1. The molecule has 1 aromatic carbocycles. The fraction of sp³-hybridized carbons (Fsp3) is 0.500. The van der Waals surface area contributed by atoms with Crippen LogP contribution < -0.4 is 0 Å². The molecule has 0 spiro atoms. The minimum atomic E-state index is -2.95. The van der Waals surface area contributed by atoms with E-state index in [9.17, 15) is 8.42 Å². The van der Waals surface area contributed by atoms with Gasteiger partial charge in [0.2, 0.25) is 0 Å². The zero-order valence-electron chi connectivity index (χ0n) is 12.6. The van der Waals surface area contributed by atoms with Gasteiger partial charge in [-0.15, -0.1) is 10.2 Å². The second kappa shape index (κ2) is 7.19. The van der Waals surface area contributed by atoms with Gasteiger partial charge in [0.05, 0.1) is 12.3 Å². The molecule has 0 saturated heterocycles. The van der Waals surface area contributed by atoms with Crippen molar-refractivity contribution in [2.45, 2.75) is 32.2 Å². The van der Waals surface area contributed by atoms with Gasteiger partial charge in [-0.25, -0.2) is 8.42 Å². The van der Waals surface area contributed by atoms with E-state index in [1.165, 1.54) is 11.1 Å². The summed E-state index contributed by atoms with van der Waals surface area (Å²) in [4.78, 5) is 1.46. The van der Waals surface area contributed by atoms with E-state index >= 15 is 0 Å². The molecule has 0 aliphatic rings. The molecule has 0 unspecified atom stereocenters. The summed E-state index contributed by atoms with van der Waals surface area (Å²) in [6.07, 6.45) is 2.51. The molecular weight excluding hydrogens is 324 g/mol. The van der Waals surface area contributed by atoms with Crippen LogP contribution in [0.5, 0.6) is 0 Å². The highest BCUT2D eigenvalue weighted by Crippen LogP contribution is 2.18. The van der Waals surface area contributed by atoms with Crippen LogP contribution in [-0.4, -0.2) is 40.6 Å². The maximum Gasteiger partial charge on any atom is 0.177 e. The van der Waals surface area contributed by atoms with Crippen molar-refractivity contribution in [2.24, 2.45) is 0 Å². The van der Waals surface area contributed by atoms with Gasteiger partial charge in [0.25, 0.3) is 0 Å². The first kappa shape index (κ1) is 16.9. The fourth-order valence-corrected chi connectivity index (χ4v) is 2.86. The van der Waals surface area contributed by atoms with Crippen LogP contribution in [0.15, 0.2) is 24.3 Å². The predicted molar refractivity (Wildman–Crippen MR) is 85.7 cm³/mol. The summed E-state index contributed by atoms with van der Waals surface area (Å²) in [6, 6.07) is 7.68. The average molecular weight is 343 g/mol. The van der Waals surface area contributed by atoms with Gasteiger partial charge in [0, 0.05) is 17.2 Å². The molecule has 120 valence electrons. The largest absolute Gasteiger partial charge is 0.229 e. The monoisotopic (exact) mass is 342 g/mol. The van der Waals surface area contributed by atoms with E-state index in [0.717, 1.165) is 12.0 Å². The number of benzene rings is 1. The Kier molecular flexibility index (Phi) is 5.52. The maximum absolute atomic E-state index is 11.1. The number of aryl methyl sites for hydroxylation is 1. The number of aromatic nitrogens is 4. The van der Waals surface area contributed by atoms with Gasteiger partial charge in [-0.05, 0) is 35.8 Å². The van der Waals surface area contributed by atoms with Crippen molar-refractivity contribution in [1.82, 2.24) is 20.2 Å². The van der Waals surface area contributed by atoms with Crippen LogP contribution in [-0.2, 0) is 22.8 Å². The lowest BCUT2D eigenvalue weighted by molar-refractivity contribution is 0.507. The summed E-state index contributed by atoms with van der Waals surface area (Å²) in [6.45, 7) is 2.49. The first-order valence-corrected chi connectivity index (χ1v) is 9.47. The molecule has 0 aliphatic heterocycles. The quantitative estimate of drug-likeness (QED) is 0.770. The molecule has 0 amide bonds. The minimum absolute atomic E-state index is 0.129. The Balaban J connectivity index is 1.91. The van der Waals surface area contributed by atoms with Gasteiger partial charge in [-0.3, -0.25) is 0 Å². The average Bonchev–Trinajstić information content (AvgIpc) is 2.89. The van der Waals surface area contributed by atoms with E-state index in [4.69, 9.17) is 11.6 Å². The van der Waals surface area contributed by atoms with Crippen molar-refractivity contribution in [2.75, 3.05) is 12.0 Å². The Hall–Kier alpha value is -1.47. The number of rotatable bonds is 7. The van der Waals surface area contributed by atoms with Crippen molar-refractivity contribution in [1.29, 1.82) is 0 Å². The first-order chi connectivity index (χ1) is 10.3. The molecular formula is C14H19ClN4O2S. The molecule has 2 rings (SSSR count). The number of halogens is 1. The van der Waals surface area contributed by atoms with Crippen LogP contribution >= 0.6 is 11.6 Å². The zero-order valence-corrected chi connectivity index (χ0v) is 14.2. The molecule has 8 heteroatoms. The lowest BCUT2D eigenvalue weighted by atomic mass is 10.0. The van der Waals surface area contributed by atoms with Crippen molar-refractivity contribution in [3.63, 3.8) is 0 Å². The predicted octanol–water partition coefficient (Wildman–Crippen LogP) is 2.11. The molecule has 1 atom stereocenters. The second-order valence-corrected chi connectivity index (χ2v) is 8.15. The summed E-state index contributed by atoms with van der Waals surface area (Å²) >= 11 is 5.87. The molecule has 0 aliphatic carbocycles. The Morgan fingerprint density at radius 1 is 1.27 bits per heavy atom. The van der Waals surface area contributed by atoms with Crippen LogP contribution in [0.25, 0.3) is 0 Å². The Morgan fingerprint density at radius 3 is 2.59 bits per heavy atom. The normalized spacial score (nSPS) is 13.2. The molecule has 0 fully saturated rings. The molecule has 0 saturated carbocycles. The van der Waals surface area contributed by atoms with Crippen molar-refractivity contribution >= 4 is 21.4 Å². The Bertz CT molecular complexity index is 713. The van der Waals surface area contributed by atoms with E-state index < -0.39 is 9.84 Å². The number of nitrogens with zero attached hydrogens (tertiary/aromatic N) is 4. The van der Waals surface area contributed by atoms with Crippen LogP contribution in [0.3, 0.4) is 0 Å². The van der Waals surface area contributed by atoms with Crippen LogP contribution in [0.1, 0.15) is 30.7 Å². The molecule has 0 radical (unpaired) electrons. The van der Waals surface area contributed by atoms with Gasteiger partial charge in [-0.1, -0.05) is 30.7 Å². The molecule has 6 nitrogen and oxygen atoms in total. The molecule has 2 aromatic rings. The van der Waals surface area contributed by atoms with Gasteiger partial charge < -0.3 is 0 Å². The zero-order chi connectivity index (χ0) is 16.2. The van der Waals surface area contributed by atoms with E-state index in [0.29, 0.717) is 23.8 Å². The van der Waals surface area contributed by atoms with Crippen molar-refractivity contribution < 1.29 is 8.42 Å². The molecule has 22 heavy (non-hydrogen) atoms. The molecule has 1 heterocycles. The molecule has 1 aromatic heterocycles. The summed E-state index contributed by atoms with van der Waals surface area (Å²) < 4.78 is 22.2. The molecule has 0 N–H and O–H groups in total. The van der Waals surface area contributed by atoms with E-state index in [-0.39, 0.29) is 11.7 Å². The highest BCUT2D eigenvalue weighted by Gasteiger charge is 2.13. The van der Waals surface area contributed by atoms with E-state index in [2.05, 4.69) is 15.4 Å². The van der Waals surface area contributed by atoms with Crippen LogP contribution in [0, 0.1) is 0 Å². The fourth-order valence-electron chi connectivity index (χ4n) is 2.08. The van der Waals surface area contributed by atoms with E-state index in [1.54, 1.807) is 0 Å². The van der Waals surface area contributed by atoms with E-state index in [1.807, 2.05) is 31.2 Å². The Labute approximate surface area is 135 Å². The number of tetrazole rings is 1. The SMILES string of the molecule is C[C@@H](Cc1ccc(Cl)cc1)c1nnn(CCCS(C)(=O)=O)n1. The minimum Gasteiger partial charge on any atom is -0.229 e. The third kappa shape index (κ3) is 5.38. The number of hydrogen-bond acceptors (Lipinski definition) is 5. The van der Waals surface area contributed by atoms with Gasteiger partial charge in [-0.2, -0.15) is 4.80 Å². The van der Waals surface area contributed by atoms with Crippen LogP contribution in [0.2, 0.25) is 5.02 Å². The Morgan fingerprint density at radius 2 is 1.95 bits per heavy atom. The standard InChI is InChI=1S/C14H19ClN4O2S/c1-11(10-12-4-6-13(15)7-5-12)14-16-18-19(17-14)8-3-9-22(2,20)21/h4-7,11H,3,8-10H2,1-2H3/t11-/m0/s1. The summed E-state index contributed by atoms with van der Waals surface area (Å²) in [5.41, 5.74) is 1.16. The summed E-state index contributed by atoms with van der Waals surface area (Å²) in [5.74, 6) is 0.920. The summed E-state index contributed by atoms with van der Waals surface area (Å²) in [7, 11) is -2.95. The van der Waals surface area contributed by atoms with Crippen LogP contribution in [0.4, 0.5) is 0 Å². The van der Waals surface area contributed by atoms with Crippen molar-refractivity contribution in [3.05, 3.63) is 40.7 Å². The first-order valence-electron chi connectivity index (χ1n) is 7.03.